The van der Waals surface area contributed by atoms with E-state index in [0.29, 0.717) is 37.7 Å². The number of imide groups is 1. The second-order valence-electron chi connectivity index (χ2n) is 6.59. The molecule has 0 unspecified atom stereocenters. The van der Waals surface area contributed by atoms with Crippen LogP contribution in [0.15, 0.2) is 36.5 Å². The molecule has 0 bridgehead atoms. The van der Waals surface area contributed by atoms with E-state index in [4.69, 9.17) is 10.5 Å². The van der Waals surface area contributed by atoms with E-state index in [-0.39, 0.29) is 13.2 Å². The summed E-state index contributed by atoms with van der Waals surface area (Å²) in [4.78, 5) is 32.4. The van der Waals surface area contributed by atoms with Crippen molar-refractivity contribution < 1.29 is 19.4 Å². The highest BCUT2D eigenvalue weighted by Crippen LogP contribution is 2.25. The fourth-order valence-corrected chi connectivity index (χ4v) is 3.07. The van der Waals surface area contributed by atoms with E-state index in [1.165, 1.54) is 0 Å². The summed E-state index contributed by atoms with van der Waals surface area (Å²) in [6.07, 6.45) is 1.70. The van der Waals surface area contributed by atoms with Crippen LogP contribution in [0.3, 0.4) is 0 Å². The van der Waals surface area contributed by atoms with Crippen LogP contribution < -0.4 is 5.73 Å². The molecule has 28 heavy (non-hydrogen) atoms. The normalized spacial score (nSPS) is 14.0. The zero-order valence-electron chi connectivity index (χ0n) is 15.8. The Labute approximate surface area is 163 Å². The number of hydrogen-bond acceptors (Lipinski definition) is 6. The highest BCUT2D eigenvalue weighted by Gasteiger charge is 2.28. The maximum atomic E-state index is 12.9. The summed E-state index contributed by atoms with van der Waals surface area (Å²) in [6, 6.07) is 8.36. The van der Waals surface area contributed by atoms with Gasteiger partial charge < -0.3 is 20.5 Å². The number of ether oxygens (including phenoxy) is 1. The molecule has 1 saturated heterocycles. The van der Waals surface area contributed by atoms with Gasteiger partial charge in [0.1, 0.15) is 5.82 Å². The predicted molar refractivity (Wildman–Crippen MR) is 105 cm³/mol. The number of anilines is 1. The average Bonchev–Trinajstić information content (AvgIpc) is 2.73. The second-order valence-corrected chi connectivity index (χ2v) is 6.59. The van der Waals surface area contributed by atoms with Gasteiger partial charge in [-0.05, 0) is 36.2 Å². The van der Waals surface area contributed by atoms with Gasteiger partial charge in [-0.2, -0.15) is 0 Å². The molecule has 1 fully saturated rings. The molecule has 8 nitrogen and oxygen atoms in total. The molecule has 0 aliphatic carbocycles. The molecule has 0 saturated carbocycles. The first-order chi connectivity index (χ1) is 13.5. The third-order valence-corrected chi connectivity index (χ3v) is 4.58. The summed E-state index contributed by atoms with van der Waals surface area (Å²) in [7, 11) is 0. The van der Waals surface area contributed by atoms with Gasteiger partial charge in [-0.3, -0.25) is 9.69 Å². The Morgan fingerprint density at radius 3 is 2.57 bits per heavy atom. The summed E-state index contributed by atoms with van der Waals surface area (Å²) in [5.41, 5.74) is 8.91. The lowest BCUT2D eigenvalue weighted by molar-refractivity contribution is 0.0390. The van der Waals surface area contributed by atoms with Gasteiger partial charge >= 0.3 is 6.03 Å². The van der Waals surface area contributed by atoms with Crippen LogP contribution in [0.5, 0.6) is 0 Å². The number of nitrogen functional groups attached to an aromatic ring is 1. The van der Waals surface area contributed by atoms with Gasteiger partial charge in [0, 0.05) is 30.4 Å². The van der Waals surface area contributed by atoms with Crippen LogP contribution in [0.4, 0.5) is 10.6 Å². The van der Waals surface area contributed by atoms with E-state index in [1.807, 2.05) is 13.0 Å². The number of aliphatic hydroxyl groups excluding tert-OH is 1. The Morgan fingerprint density at radius 2 is 1.93 bits per heavy atom. The van der Waals surface area contributed by atoms with Crippen molar-refractivity contribution in [3.63, 3.8) is 0 Å². The number of aliphatic hydroxyl groups is 1. The van der Waals surface area contributed by atoms with Crippen molar-refractivity contribution in [3.8, 4) is 11.1 Å². The zero-order valence-corrected chi connectivity index (χ0v) is 15.8. The number of nitrogens with zero attached hydrogens (tertiary/aromatic N) is 3. The predicted octanol–water partition coefficient (Wildman–Crippen LogP) is 1.53. The molecule has 0 atom stereocenters. The highest BCUT2D eigenvalue weighted by atomic mass is 16.5. The van der Waals surface area contributed by atoms with E-state index in [0.717, 1.165) is 21.6 Å². The standard InChI is InChI=1S/C20H24N4O4/c1-14-12-17(18(21)22-13-14)15-2-4-16(5-3-15)19(26)24(6-9-25)20(27)23-7-10-28-11-8-23/h2-5,12-13,25H,6-11H2,1H3,(H2,21,22). The van der Waals surface area contributed by atoms with Crippen LogP contribution in [-0.4, -0.2) is 71.3 Å². The van der Waals surface area contributed by atoms with Crippen molar-refractivity contribution in [2.45, 2.75) is 6.92 Å². The smallest absolute Gasteiger partial charge is 0.327 e. The summed E-state index contributed by atoms with van der Waals surface area (Å²) in [6.45, 7) is 3.29. The Bertz CT molecular complexity index is 848. The molecule has 3 amide bonds. The fourth-order valence-electron chi connectivity index (χ4n) is 3.07. The van der Waals surface area contributed by atoms with Crippen LogP contribution in [0.25, 0.3) is 11.1 Å². The molecule has 0 radical (unpaired) electrons. The largest absolute Gasteiger partial charge is 0.395 e. The van der Waals surface area contributed by atoms with Crippen molar-refractivity contribution >= 4 is 17.8 Å². The molecule has 148 valence electrons. The van der Waals surface area contributed by atoms with Crippen molar-refractivity contribution in [1.29, 1.82) is 0 Å². The molecule has 1 aliphatic heterocycles. The number of aromatic nitrogens is 1. The first-order valence-electron chi connectivity index (χ1n) is 9.13. The molecule has 2 aromatic rings. The quantitative estimate of drug-likeness (QED) is 0.827. The summed E-state index contributed by atoms with van der Waals surface area (Å²) in [5.74, 6) is -0.0403. The van der Waals surface area contributed by atoms with E-state index in [9.17, 15) is 14.7 Å². The van der Waals surface area contributed by atoms with Gasteiger partial charge in [0.25, 0.3) is 5.91 Å². The number of urea groups is 1. The van der Waals surface area contributed by atoms with E-state index >= 15 is 0 Å². The Kier molecular flexibility index (Phi) is 6.23. The number of amides is 3. The number of hydrogen-bond donors (Lipinski definition) is 2. The molecule has 1 aromatic carbocycles. The molecule has 3 rings (SSSR count). The van der Waals surface area contributed by atoms with Gasteiger partial charge in [0.2, 0.25) is 0 Å². The number of pyridine rings is 1. The number of rotatable bonds is 4. The second kappa shape index (κ2) is 8.81. The number of benzene rings is 1. The maximum Gasteiger partial charge on any atom is 0.327 e. The van der Waals surface area contributed by atoms with Crippen molar-refractivity contribution in [2.24, 2.45) is 0 Å². The van der Waals surface area contributed by atoms with E-state index in [2.05, 4.69) is 4.98 Å². The number of carbonyl (C=O) groups is 2. The zero-order chi connectivity index (χ0) is 20.1. The first-order valence-corrected chi connectivity index (χ1v) is 9.13. The summed E-state index contributed by atoms with van der Waals surface area (Å²) in [5, 5.41) is 9.32. The minimum Gasteiger partial charge on any atom is -0.395 e. The number of nitrogens with two attached hydrogens (primary N) is 1. The van der Waals surface area contributed by atoms with Gasteiger partial charge in [-0.1, -0.05) is 12.1 Å². The topological polar surface area (TPSA) is 109 Å². The van der Waals surface area contributed by atoms with Crippen LogP contribution >= 0.6 is 0 Å². The van der Waals surface area contributed by atoms with E-state index in [1.54, 1.807) is 35.4 Å². The van der Waals surface area contributed by atoms with Crippen LogP contribution in [0, 0.1) is 6.92 Å². The summed E-state index contributed by atoms with van der Waals surface area (Å²) < 4.78 is 5.25. The SMILES string of the molecule is Cc1cnc(N)c(-c2ccc(C(=O)N(CCO)C(=O)N3CCOCC3)cc2)c1. The van der Waals surface area contributed by atoms with Crippen LogP contribution in [-0.2, 0) is 4.74 Å². The summed E-state index contributed by atoms with van der Waals surface area (Å²) >= 11 is 0. The number of morpholine rings is 1. The highest BCUT2D eigenvalue weighted by molar-refractivity contribution is 6.04. The lowest BCUT2D eigenvalue weighted by Gasteiger charge is -2.31. The third kappa shape index (κ3) is 4.29. The Morgan fingerprint density at radius 1 is 1.25 bits per heavy atom. The molecule has 0 spiro atoms. The monoisotopic (exact) mass is 384 g/mol. The Hall–Kier alpha value is -2.97. The van der Waals surface area contributed by atoms with Crippen molar-refractivity contribution in [3.05, 3.63) is 47.7 Å². The molecule has 1 aromatic heterocycles. The Balaban J connectivity index is 1.81. The van der Waals surface area contributed by atoms with Crippen LogP contribution in [0.1, 0.15) is 15.9 Å². The molecular formula is C20H24N4O4. The first kappa shape index (κ1) is 19.8. The maximum absolute atomic E-state index is 12.9. The van der Waals surface area contributed by atoms with Crippen LogP contribution in [0.2, 0.25) is 0 Å². The van der Waals surface area contributed by atoms with Crippen molar-refractivity contribution in [1.82, 2.24) is 14.8 Å². The third-order valence-electron chi connectivity index (χ3n) is 4.58. The van der Waals surface area contributed by atoms with E-state index < -0.39 is 11.9 Å². The molecular weight excluding hydrogens is 360 g/mol. The molecule has 2 heterocycles. The lowest BCUT2D eigenvalue weighted by Crippen LogP contribution is -2.51. The van der Waals surface area contributed by atoms with Gasteiger partial charge in [-0.15, -0.1) is 0 Å². The van der Waals surface area contributed by atoms with Gasteiger partial charge in [0.05, 0.1) is 26.4 Å². The molecule has 1 aliphatic rings. The minimum atomic E-state index is -0.451. The number of aryl methyl sites for hydroxylation is 1. The average molecular weight is 384 g/mol. The van der Waals surface area contributed by atoms with Gasteiger partial charge in [-0.25, -0.2) is 9.78 Å². The number of carbonyl (C=O) groups excluding carboxylic acids is 2. The molecule has 8 heteroatoms. The fraction of sp³-hybridized carbons (Fsp3) is 0.350. The minimum absolute atomic E-state index is 0.0640. The molecule has 3 N–H and O–H groups in total. The lowest BCUT2D eigenvalue weighted by atomic mass is 10.0. The van der Waals surface area contributed by atoms with Gasteiger partial charge in [0.15, 0.2) is 0 Å². The van der Waals surface area contributed by atoms with Crippen molar-refractivity contribution in [2.75, 3.05) is 45.2 Å².